The van der Waals surface area contributed by atoms with Gasteiger partial charge in [0.25, 0.3) is 5.89 Å². The number of hydrogen-bond donors (Lipinski definition) is 1. The second-order valence-electron chi connectivity index (χ2n) is 4.15. The molecule has 0 bridgehead atoms. The van der Waals surface area contributed by atoms with Crippen LogP contribution >= 0.6 is 11.3 Å². The molecule has 0 aliphatic rings. The fraction of sp³-hybridized carbons (Fsp3) is 0.583. The van der Waals surface area contributed by atoms with Crippen molar-refractivity contribution in [1.82, 2.24) is 20.5 Å². The van der Waals surface area contributed by atoms with E-state index < -0.39 is 0 Å². The summed E-state index contributed by atoms with van der Waals surface area (Å²) >= 11 is 1.59. The largest absolute Gasteiger partial charge is 0.420 e. The Morgan fingerprint density at radius 1 is 1.22 bits per heavy atom. The summed E-state index contributed by atoms with van der Waals surface area (Å²) in [4.78, 5) is 5.34. The second-order valence-corrected chi connectivity index (χ2v) is 5.35. The fourth-order valence-electron chi connectivity index (χ4n) is 1.67. The number of nitrogens with zero attached hydrogens (tertiary/aromatic N) is 3. The van der Waals surface area contributed by atoms with Gasteiger partial charge in [-0.05, 0) is 26.8 Å². The highest BCUT2D eigenvalue weighted by Crippen LogP contribution is 2.28. The quantitative estimate of drug-likeness (QED) is 0.813. The van der Waals surface area contributed by atoms with Gasteiger partial charge < -0.3 is 9.73 Å². The lowest BCUT2D eigenvalue weighted by atomic mass is 10.4. The molecule has 18 heavy (non-hydrogen) atoms. The van der Waals surface area contributed by atoms with Crippen molar-refractivity contribution in [2.75, 3.05) is 13.1 Å². The molecule has 0 spiro atoms. The van der Waals surface area contributed by atoms with Gasteiger partial charge in [0.05, 0.1) is 10.7 Å². The minimum absolute atomic E-state index is 0.587. The zero-order chi connectivity index (χ0) is 13.0. The van der Waals surface area contributed by atoms with Crippen LogP contribution in [0.3, 0.4) is 0 Å². The molecule has 2 heterocycles. The zero-order valence-corrected chi connectivity index (χ0v) is 11.8. The van der Waals surface area contributed by atoms with E-state index in [0.717, 1.165) is 41.5 Å². The Labute approximate surface area is 111 Å². The van der Waals surface area contributed by atoms with E-state index in [-0.39, 0.29) is 0 Å². The molecule has 0 saturated heterocycles. The summed E-state index contributed by atoms with van der Waals surface area (Å²) in [6.07, 6.45) is 1.90. The first-order valence-corrected chi connectivity index (χ1v) is 7.00. The highest BCUT2D eigenvalue weighted by Gasteiger charge is 2.14. The van der Waals surface area contributed by atoms with Crippen molar-refractivity contribution < 1.29 is 4.42 Å². The lowest BCUT2D eigenvalue weighted by Gasteiger charge is -1.98. The number of rotatable bonds is 6. The first-order valence-electron chi connectivity index (χ1n) is 6.18. The van der Waals surface area contributed by atoms with Crippen LogP contribution in [-0.4, -0.2) is 28.3 Å². The maximum absolute atomic E-state index is 5.65. The van der Waals surface area contributed by atoms with Gasteiger partial charge in [-0.2, -0.15) is 0 Å². The summed E-state index contributed by atoms with van der Waals surface area (Å²) in [5, 5.41) is 12.5. The van der Waals surface area contributed by atoms with E-state index >= 15 is 0 Å². The monoisotopic (exact) mass is 266 g/mol. The van der Waals surface area contributed by atoms with Gasteiger partial charge in [0.1, 0.15) is 4.88 Å². The summed E-state index contributed by atoms with van der Waals surface area (Å²) in [6, 6.07) is 0. The molecule has 2 aromatic rings. The van der Waals surface area contributed by atoms with Crippen LogP contribution in [0.2, 0.25) is 0 Å². The molecule has 6 heteroatoms. The summed E-state index contributed by atoms with van der Waals surface area (Å²) in [7, 11) is 0. The van der Waals surface area contributed by atoms with Gasteiger partial charge in [0, 0.05) is 13.0 Å². The van der Waals surface area contributed by atoms with Gasteiger partial charge in [-0.1, -0.05) is 6.92 Å². The van der Waals surface area contributed by atoms with Crippen LogP contribution < -0.4 is 5.32 Å². The number of thiazole rings is 1. The van der Waals surface area contributed by atoms with E-state index in [1.165, 1.54) is 0 Å². The molecule has 0 aliphatic heterocycles. The average Bonchev–Trinajstić information content (AvgIpc) is 2.91. The van der Waals surface area contributed by atoms with Crippen LogP contribution in [-0.2, 0) is 6.42 Å². The predicted octanol–water partition coefficient (Wildman–Crippen LogP) is 2.35. The molecule has 0 fully saturated rings. The zero-order valence-electron chi connectivity index (χ0n) is 11.0. The molecule has 0 aromatic carbocycles. The van der Waals surface area contributed by atoms with Gasteiger partial charge in [0.15, 0.2) is 0 Å². The Balaban J connectivity index is 1.99. The average molecular weight is 266 g/mol. The van der Waals surface area contributed by atoms with Gasteiger partial charge in [-0.15, -0.1) is 21.5 Å². The van der Waals surface area contributed by atoms with Crippen molar-refractivity contribution in [1.29, 1.82) is 0 Å². The SMILES string of the molecule is CCCNCCc1nnc(-c2sc(C)nc2C)o1. The first-order chi connectivity index (χ1) is 8.70. The molecule has 0 atom stereocenters. The summed E-state index contributed by atoms with van der Waals surface area (Å²) in [5.41, 5.74) is 0.955. The van der Waals surface area contributed by atoms with Crippen molar-refractivity contribution in [3.63, 3.8) is 0 Å². The smallest absolute Gasteiger partial charge is 0.259 e. The third-order valence-electron chi connectivity index (χ3n) is 2.51. The third kappa shape index (κ3) is 3.14. The minimum atomic E-state index is 0.587. The van der Waals surface area contributed by atoms with Crippen LogP contribution in [0.1, 0.15) is 29.9 Å². The molecule has 98 valence electrons. The molecule has 0 aliphatic carbocycles. The number of hydrogen-bond acceptors (Lipinski definition) is 6. The lowest BCUT2D eigenvalue weighted by molar-refractivity contribution is 0.495. The van der Waals surface area contributed by atoms with Crippen molar-refractivity contribution in [2.24, 2.45) is 0 Å². The van der Waals surface area contributed by atoms with Crippen LogP contribution in [0, 0.1) is 13.8 Å². The van der Waals surface area contributed by atoms with E-state index in [4.69, 9.17) is 4.42 Å². The first kappa shape index (κ1) is 13.2. The van der Waals surface area contributed by atoms with Gasteiger partial charge in [-0.25, -0.2) is 4.98 Å². The third-order valence-corrected chi connectivity index (χ3v) is 3.57. The minimum Gasteiger partial charge on any atom is -0.420 e. The summed E-state index contributed by atoms with van der Waals surface area (Å²) in [5.74, 6) is 1.27. The molecule has 0 saturated carbocycles. The highest BCUT2D eigenvalue weighted by molar-refractivity contribution is 7.15. The molecular formula is C12H18N4OS. The van der Waals surface area contributed by atoms with Crippen LogP contribution in [0.5, 0.6) is 0 Å². The molecule has 1 N–H and O–H groups in total. The number of aryl methyl sites for hydroxylation is 2. The summed E-state index contributed by atoms with van der Waals surface area (Å²) in [6.45, 7) is 7.98. The second kappa shape index (κ2) is 6.06. The standard InChI is InChI=1S/C12H18N4OS/c1-4-6-13-7-5-10-15-16-12(17-10)11-8(2)14-9(3)18-11/h13H,4-7H2,1-3H3. The predicted molar refractivity (Wildman–Crippen MR) is 71.7 cm³/mol. The van der Waals surface area contributed by atoms with Gasteiger partial charge >= 0.3 is 0 Å². The van der Waals surface area contributed by atoms with E-state index in [1.54, 1.807) is 11.3 Å². The van der Waals surface area contributed by atoms with Crippen LogP contribution in [0.15, 0.2) is 4.42 Å². The van der Waals surface area contributed by atoms with E-state index in [9.17, 15) is 0 Å². The maximum Gasteiger partial charge on any atom is 0.259 e. The van der Waals surface area contributed by atoms with E-state index in [0.29, 0.717) is 11.8 Å². The molecule has 0 unspecified atom stereocenters. The fourth-order valence-corrected chi connectivity index (χ4v) is 2.51. The molecule has 2 aromatic heterocycles. The molecule has 2 rings (SSSR count). The molecule has 0 amide bonds. The van der Waals surface area contributed by atoms with Gasteiger partial charge in [-0.3, -0.25) is 0 Å². The van der Waals surface area contributed by atoms with Crippen molar-refractivity contribution in [2.45, 2.75) is 33.6 Å². The topological polar surface area (TPSA) is 63.8 Å². The van der Waals surface area contributed by atoms with Crippen LogP contribution in [0.4, 0.5) is 0 Å². The van der Waals surface area contributed by atoms with E-state index in [2.05, 4.69) is 27.4 Å². The Morgan fingerprint density at radius 3 is 2.72 bits per heavy atom. The highest BCUT2D eigenvalue weighted by atomic mass is 32.1. The molecule has 5 nitrogen and oxygen atoms in total. The Hall–Kier alpha value is -1.27. The van der Waals surface area contributed by atoms with Crippen molar-refractivity contribution in [3.05, 3.63) is 16.6 Å². The number of aromatic nitrogens is 3. The Kier molecular flexibility index (Phi) is 4.43. The van der Waals surface area contributed by atoms with E-state index in [1.807, 2.05) is 13.8 Å². The van der Waals surface area contributed by atoms with Gasteiger partial charge in [0.2, 0.25) is 5.89 Å². The normalized spacial score (nSPS) is 11.1. The van der Waals surface area contributed by atoms with Crippen LogP contribution in [0.25, 0.3) is 10.8 Å². The van der Waals surface area contributed by atoms with Crippen molar-refractivity contribution >= 4 is 11.3 Å². The number of nitrogens with one attached hydrogen (secondary N) is 1. The Morgan fingerprint density at radius 2 is 2.06 bits per heavy atom. The lowest BCUT2D eigenvalue weighted by Crippen LogP contribution is -2.17. The molecule has 0 radical (unpaired) electrons. The molecular weight excluding hydrogens is 248 g/mol. The van der Waals surface area contributed by atoms with Crippen molar-refractivity contribution in [3.8, 4) is 10.8 Å². The Bertz CT molecular complexity index is 506. The summed E-state index contributed by atoms with van der Waals surface area (Å²) < 4.78 is 5.65. The maximum atomic E-state index is 5.65.